The van der Waals surface area contributed by atoms with Gasteiger partial charge in [-0.15, -0.1) is 11.3 Å². The second-order valence-corrected chi connectivity index (χ2v) is 8.83. The van der Waals surface area contributed by atoms with E-state index in [1.165, 1.54) is 14.3 Å². The van der Waals surface area contributed by atoms with Gasteiger partial charge in [0.05, 0.1) is 13.1 Å². The van der Waals surface area contributed by atoms with Gasteiger partial charge >= 0.3 is 5.69 Å². The molecule has 1 atom stereocenters. The summed E-state index contributed by atoms with van der Waals surface area (Å²) in [6.45, 7) is 3.28. The Morgan fingerprint density at radius 3 is 2.69 bits per heavy atom. The summed E-state index contributed by atoms with van der Waals surface area (Å²) in [5.74, 6) is -0.216. The first kappa shape index (κ1) is 22.0. The monoisotopic (exact) mass is 453 g/mol. The van der Waals surface area contributed by atoms with Crippen LogP contribution in [0.1, 0.15) is 36.2 Å². The van der Waals surface area contributed by atoms with Gasteiger partial charge < -0.3 is 10.6 Å². The third-order valence-electron chi connectivity index (χ3n) is 5.86. The highest BCUT2D eigenvalue weighted by atomic mass is 32.1. The zero-order valence-corrected chi connectivity index (χ0v) is 18.8. The lowest BCUT2D eigenvalue weighted by Gasteiger charge is -2.28. The van der Waals surface area contributed by atoms with Gasteiger partial charge in [0, 0.05) is 17.5 Å². The Bertz CT molecular complexity index is 1190. The van der Waals surface area contributed by atoms with Crippen LogP contribution in [0.2, 0.25) is 0 Å². The van der Waals surface area contributed by atoms with Gasteiger partial charge in [0.1, 0.15) is 5.82 Å². The Kier molecular flexibility index (Phi) is 6.57. The molecule has 1 saturated heterocycles. The molecule has 3 N–H and O–H groups in total. The number of anilines is 2. The molecule has 9 heteroatoms. The number of thiophene rings is 1. The Morgan fingerprint density at radius 2 is 2.00 bits per heavy atom. The van der Waals surface area contributed by atoms with E-state index >= 15 is 0 Å². The van der Waals surface area contributed by atoms with E-state index in [0.717, 1.165) is 24.9 Å². The zero-order valence-electron chi connectivity index (χ0n) is 18.0. The maximum atomic E-state index is 13.3. The minimum atomic E-state index is -0.650. The van der Waals surface area contributed by atoms with Crippen LogP contribution in [0.15, 0.2) is 57.4 Å². The van der Waals surface area contributed by atoms with E-state index in [9.17, 15) is 14.4 Å². The summed E-state index contributed by atoms with van der Waals surface area (Å²) < 4.78 is 1.30. The summed E-state index contributed by atoms with van der Waals surface area (Å²) in [6, 6.07) is 13.7. The first-order valence-corrected chi connectivity index (χ1v) is 11.6. The highest BCUT2D eigenvalue weighted by Crippen LogP contribution is 2.34. The third-order valence-corrected chi connectivity index (χ3v) is 6.83. The number of hydrogen-bond donors (Lipinski definition) is 2. The summed E-state index contributed by atoms with van der Waals surface area (Å²) in [5, 5.41) is 2.04. The predicted molar refractivity (Wildman–Crippen MR) is 127 cm³/mol. The second kappa shape index (κ2) is 9.54. The molecule has 0 radical (unpaired) electrons. The van der Waals surface area contributed by atoms with Crippen LogP contribution in [0, 0.1) is 0 Å². The van der Waals surface area contributed by atoms with E-state index in [0.29, 0.717) is 0 Å². The predicted octanol–water partition coefficient (Wildman–Crippen LogP) is 2.42. The number of nitrogen functional groups attached to an aromatic ring is 1. The topological polar surface area (TPSA) is 104 Å². The van der Waals surface area contributed by atoms with Crippen LogP contribution in [0.25, 0.3) is 0 Å². The largest absolute Gasteiger partial charge is 0.383 e. The number of aromatic amines is 1. The van der Waals surface area contributed by atoms with Crippen molar-refractivity contribution in [3.8, 4) is 0 Å². The molecule has 2 aromatic heterocycles. The number of aromatic nitrogens is 2. The number of nitrogens with one attached hydrogen (secondary N) is 1. The lowest BCUT2D eigenvalue weighted by atomic mass is 10.2. The van der Waals surface area contributed by atoms with Crippen molar-refractivity contribution in [3.05, 3.63) is 79.1 Å². The molecule has 1 aliphatic heterocycles. The number of hydrogen-bond acceptors (Lipinski definition) is 6. The number of likely N-dealkylation sites (N-methyl/N-ethyl adjacent to an activating group) is 1. The standard InChI is InChI=1S/C23H27N5O3S/c1-2-27(19(29)15-26-12-6-10-17(26)18-11-7-13-32-18)20-21(24)28(23(31)25-22(20)30)14-16-8-4-3-5-9-16/h3-5,7-9,11,13,17H,2,6,10,12,14-15,24H2,1H3,(H,25,30,31). The molecule has 1 amide bonds. The lowest BCUT2D eigenvalue weighted by molar-refractivity contribution is -0.119. The molecule has 32 heavy (non-hydrogen) atoms. The third kappa shape index (κ3) is 4.39. The maximum absolute atomic E-state index is 13.3. The number of benzene rings is 1. The highest BCUT2D eigenvalue weighted by molar-refractivity contribution is 7.10. The summed E-state index contributed by atoms with van der Waals surface area (Å²) in [7, 11) is 0. The fourth-order valence-electron chi connectivity index (χ4n) is 4.30. The molecule has 1 aromatic carbocycles. The van der Waals surface area contributed by atoms with Crippen LogP contribution in [0.3, 0.4) is 0 Å². The first-order valence-electron chi connectivity index (χ1n) is 10.7. The Balaban J connectivity index is 1.62. The van der Waals surface area contributed by atoms with E-state index in [4.69, 9.17) is 5.73 Å². The molecule has 4 rings (SSSR count). The van der Waals surface area contributed by atoms with Crippen LogP contribution in [0.5, 0.6) is 0 Å². The van der Waals surface area contributed by atoms with Crippen molar-refractivity contribution in [2.75, 3.05) is 30.3 Å². The number of rotatable bonds is 7. The van der Waals surface area contributed by atoms with Crippen LogP contribution in [-0.2, 0) is 11.3 Å². The smallest absolute Gasteiger partial charge is 0.330 e. The van der Waals surface area contributed by atoms with Gasteiger partial charge in [-0.3, -0.25) is 24.0 Å². The molecule has 168 valence electrons. The van der Waals surface area contributed by atoms with Crippen molar-refractivity contribution < 1.29 is 4.79 Å². The molecular formula is C23H27N5O3S. The molecule has 1 unspecified atom stereocenters. The fraction of sp³-hybridized carbons (Fsp3) is 0.348. The number of nitrogens with zero attached hydrogens (tertiary/aromatic N) is 3. The van der Waals surface area contributed by atoms with Crippen molar-refractivity contribution in [3.63, 3.8) is 0 Å². The second-order valence-electron chi connectivity index (χ2n) is 7.85. The van der Waals surface area contributed by atoms with E-state index in [1.54, 1.807) is 18.3 Å². The summed E-state index contributed by atoms with van der Waals surface area (Å²) in [4.78, 5) is 45.6. The lowest BCUT2D eigenvalue weighted by Crippen LogP contribution is -2.45. The molecule has 8 nitrogen and oxygen atoms in total. The van der Waals surface area contributed by atoms with Gasteiger partial charge in [-0.25, -0.2) is 4.79 Å². The van der Waals surface area contributed by atoms with Crippen LogP contribution < -0.4 is 21.9 Å². The molecule has 0 spiro atoms. The molecule has 1 fully saturated rings. The molecule has 3 aromatic rings. The van der Waals surface area contributed by atoms with Crippen LogP contribution >= 0.6 is 11.3 Å². The van der Waals surface area contributed by atoms with Gasteiger partial charge in [-0.1, -0.05) is 36.4 Å². The Labute approximate surface area is 189 Å². The maximum Gasteiger partial charge on any atom is 0.330 e. The SMILES string of the molecule is CCN(C(=O)CN1CCCC1c1cccs1)c1c(N)n(Cc2ccccc2)c(=O)[nH]c1=O. The van der Waals surface area contributed by atoms with E-state index in [2.05, 4.69) is 16.0 Å². The van der Waals surface area contributed by atoms with Crippen LogP contribution in [0.4, 0.5) is 11.5 Å². The number of amides is 1. The van der Waals surface area contributed by atoms with E-state index < -0.39 is 11.2 Å². The van der Waals surface area contributed by atoms with Gasteiger partial charge in [0.15, 0.2) is 5.69 Å². The minimum absolute atomic E-state index is 0.00553. The van der Waals surface area contributed by atoms with Crippen LogP contribution in [-0.4, -0.2) is 40.0 Å². The van der Waals surface area contributed by atoms with E-state index in [1.807, 2.05) is 41.8 Å². The first-order chi connectivity index (χ1) is 15.5. The average Bonchev–Trinajstić information content (AvgIpc) is 3.46. The van der Waals surface area contributed by atoms with Crippen molar-refractivity contribution in [1.29, 1.82) is 0 Å². The van der Waals surface area contributed by atoms with Crippen molar-refractivity contribution in [1.82, 2.24) is 14.5 Å². The number of carbonyl (C=O) groups is 1. The summed E-state index contributed by atoms with van der Waals surface area (Å²) in [6.07, 6.45) is 2.03. The van der Waals surface area contributed by atoms with Crippen molar-refractivity contribution in [2.45, 2.75) is 32.4 Å². The molecule has 3 heterocycles. The minimum Gasteiger partial charge on any atom is -0.383 e. The number of carbonyl (C=O) groups excluding carboxylic acids is 1. The Hall–Kier alpha value is -3.17. The van der Waals surface area contributed by atoms with Gasteiger partial charge in [0.2, 0.25) is 5.91 Å². The number of H-pyrrole nitrogens is 1. The number of nitrogens with two attached hydrogens (primary N) is 1. The molecule has 0 bridgehead atoms. The van der Waals surface area contributed by atoms with Gasteiger partial charge in [0.25, 0.3) is 5.56 Å². The molecule has 1 aliphatic rings. The normalized spacial score (nSPS) is 16.3. The summed E-state index contributed by atoms with van der Waals surface area (Å²) >= 11 is 1.69. The fourth-order valence-corrected chi connectivity index (χ4v) is 5.19. The Morgan fingerprint density at radius 1 is 1.22 bits per heavy atom. The highest BCUT2D eigenvalue weighted by Gasteiger charge is 2.31. The molecular weight excluding hydrogens is 426 g/mol. The van der Waals surface area contributed by atoms with Crippen molar-refractivity contribution in [2.24, 2.45) is 0 Å². The zero-order chi connectivity index (χ0) is 22.7. The van der Waals surface area contributed by atoms with Crippen molar-refractivity contribution >= 4 is 28.7 Å². The van der Waals surface area contributed by atoms with Gasteiger partial charge in [-0.2, -0.15) is 0 Å². The number of likely N-dealkylation sites (tertiary alicyclic amines) is 1. The van der Waals surface area contributed by atoms with E-state index in [-0.39, 0.29) is 43.1 Å². The summed E-state index contributed by atoms with van der Waals surface area (Å²) in [5.41, 5.74) is 5.94. The van der Waals surface area contributed by atoms with Gasteiger partial charge in [-0.05, 0) is 43.3 Å². The average molecular weight is 454 g/mol. The quantitative estimate of drug-likeness (QED) is 0.572. The molecule has 0 saturated carbocycles. The molecule has 0 aliphatic carbocycles.